The Morgan fingerprint density at radius 3 is 2.65 bits per heavy atom. The van der Waals surface area contributed by atoms with Crippen LogP contribution in [0.5, 0.6) is 11.5 Å². The highest BCUT2D eigenvalue weighted by atomic mass is 19.3. The van der Waals surface area contributed by atoms with Gasteiger partial charge in [0, 0.05) is 11.6 Å². The van der Waals surface area contributed by atoms with E-state index in [2.05, 4.69) is 14.5 Å². The lowest BCUT2D eigenvalue weighted by Gasteiger charge is -2.06. The molecule has 0 bridgehead atoms. The fourth-order valence-corrected chi connectivity index (χ4v) is 1.82. The summed E-state index contributed by atoms with van der Waals surface area (Å²) in [6.45, 7) is 0. The molecule has 0 N–H and O–H groups in total. The smallest absolute Gasteiger partial charge is 0.395 e. The van der Waals surface area contributed by atoms with E-state index in [1.807, 2.05) is 0 Å². The first kappa shape index (κ1) is 12.3. The van der Waals surface area contributed by atoms with Crippen LogP contribution in [0, 0.1) is 10.1 Å². The van der Waals surface area contributed by atoms with Gasteiger partial charge in [0.25, 0.3) is 5.69 Å². The first-order valence-corrected chi connectivity index (χ1v) is 5.46. The Hall–Kier alpha value is -2.77. The number of pyridine rings is 1. The molecule has 102 valence electrons. The van der Waals surface area contributed by atoms with Gasteiger partial charge in [-0.15, -0.1) is 8.78 Å². The lowest BCUT2D eigenvalue weighted by atomic mass is 10.1. The third kappa shape index (κ3) is 2.00. The number of hydrogen-bond acceptors (Lipinski definition) is 5. The van der Waals surface area contributed by atoms with E-state index in [0.29, 0.717) is 0 Å². The van der Waals surface area contributed by atoms with E-state index in [9.17, 15) is 18.9 Å². The molecule has 3 rings (SSSR count). The summed E-state index contributed by atoms with van der Waals surface area (Å²) in [5, 5.41) is 10.5. The Balaban J connectivity index is 2.04. The molecule has 2 aromatic rings. The summed E-state index contributed by atoms with van der Waals surface area (Å²) in [7, 11) is 0. The minimum atomic E-state index is -3.72. The van der Waals surface area contributed by atoms with Crippen LogP contribution in [0.3, 0.4) is 0 Å². The van der Waals surface area contributed by atoms with E-state index in [1.54, 1.807) is 0 Å². The molecular weight excluding hydrogens is 274 g/mol. The molecule has 8 heteroatoms. The second kappa shape index (κ2) is 4.12. The number of fused-ring (bicyclic) bond motifs is 1. The molecule has 20 heavy (non-hydrogen) atoms. The molecule has 0 amide bonds. The Morgan fingerprint density at radius 2 is 2.00 bits per heavy atom. The number of aromatic nitrogens is 1. The number of hydrogen-bond donors (Lipinski definition) is 0. The molecule has 0 spiro atoms. The number of nitrogens with zero attached hydrogens (tertiary/aromatic N) is 2. The molecule has 0 radical (unpaired) electrons. The maximum atomic E-state index is 13.0. The zero-order chi connectivity index (χ0) is 14.3. The Morgan fingerprint density at radius 1 is 1.20 bits per heavy atom. The van der Waals surface area contributed by atoms with E-state index in [1.165, 1.54) is 30.3 Å². The minimum absolute atomic E-state index is 0.104. The number of benzene rings is 1. The van der Waals surface area contributed by atoms with Crippen LogP contribution < -0.4 is 9.47 Å². The molecule has 2 heterocycles. The molecule has 0 fully saturated rings. The molecular formula is C12H6F2N2O4. The summed E-state index contributed by atoms with van der Waals surface area (Å²) >= 11 is 0. The monoisotopic (exact) mass is 280 g/mol. The Labute approximate surface area is 110 Å². The second-order valence-electron chi connectivity index (χ2n) is 3.96. The van der Waals surface area contributed by atoms with Gasteiger partial charge in [-0.25, -0.2) is 4.98 Å². The summed E-state index contributed by atoms with van der Waals surface area (Å²) in [6.07, 6.45) is -2.68. The van der Waals surface area contributed by atoms with Gasteiger partial charge >= 0.3 is 6.29 Å². The van der Waals surface area contributed by atoms with Crippen molar-refractivity contribution in [3.63, 3.8) is 0 Å². The predicted octanol–water partition coefficient (Wildman–Crippen LogP) is 2.98. The highest BCUT2D eigenvalue weighted by molar-refractivity contribution is 5.72. The third-order valence-electron chi connectivity index (χ3n) is 2.66. The fourth-order valence-electron chi connectivity index (χ4n) is 1.82. The van der Waals surface area contributed by atoms with E-state index in [0.717, 1.165) is 6.20 Å². The van der Waals surface area contributed by atoms with Crippen LogP contribution in [0.1, 0.15) is 0 Å². The molecule has 0 unspecified atom stereocenters. The van der Waals surface area contributed by atoms with Gasteiger partial charge in [-0.3, -0.25) is 10.1 Å². The fraction of sp³-hybridized carbons (Fsp3) is 0.0833. The number of ether oxygens (including phenoxy) is 2. The number of para-hydroxylation sites is 1. The van der Waals surface area contributed by atoms with Crippen molar-refractivity contribution in [2.75, 3.05) is 0 Å². The second-order valence-corrected chi connectivity index (χ2v) is 3.96. The van der Waals surface area contributed by atoms with Crippen molar-refractivity contribution in [1.29, 1.82) is 0 Å². The summed E-state index contributed by atoms with van der Waals surface area (Å²) < 4.78 is 34.9. The van der Waals surface area contributed by atoms with Crippen molar-refractivity contribution < 1.29 is 23.2 Å². The van der Waals surface area contributed by atoms with E-state index in [-0.39, 0.29) is 28.4 Å². The topological polar surface area (TPSA) is 74.5 Å². The average Bonchev–Trinajstić information content (AvgIpc) is 2.72. The Bertz CT molecular complexity index is 688. The van der Waals surface area contributed by atoms with Gasteiger partial charge in [-0.2, -0.15) is 0 Å². The third-order valence-corrected chi connectivity index (χ3v) is 2.66. The quantitative estimate of drug-likeness (QED) is 0.624. The maximum Gasteiger partial charge on any atom is 0.586 e. The zero-order valence-electron chi connectivity index (χ0n) is 9.75. The minimum Gasteiger partial charge on any atom is -0.395 e. The summed E-state index contributed by atoms with van der Waals surface area (Å²) in [6, 6.07) is 6.94. The molecule has 1 aliphatic heterocycles. The largest absolute Gasteiger partial charge is 0.586 e. The summed E-state index contributed by atoms with van der Waals surface area (Å²) in [5.41, 5.74) is 0.354. The molecule has 1 aliphatic rings. The van der Waals surface area contributed by atoms with Crippen molar-refractivity contribution >= 4 is 5.69 Å². The standard InChI is InChI=1S/C12H6F2N2O4/c13-12(14)19-10-3-1-2-8(11(10)20-12)9-5-4-7(6-15-9)16(17)18/h1-6H. The highest BCUT2D eigenvalue weighted by Crippen LogP contribution is 2.46. The molecule has 0 saturated carbocycles. The maximum absolute atomic E-state index is 13.0. The van der Waals surface area contributed by atoms with E-state index < -0.39 is 11.2 Å². The van der Waals surface area contributed by atoms with Crippen LogP contribution in [0.2, 0.25) is 0 Å². The summed E-state index contributed by atoms with van der Waals surface area (Å²) in [4.78, 5) is 13.8. The predicted molar refractivity (Wildman–Crippen MR) is 62.5 cm³/mol. The molecule has 0 atom stereocenters. The van der Waals surface area contributed by atoms with Gasteiger partial charge in [0.15, 0.2) is 11.5 Å². The lowest BCUT2D eigenvalue weighted by molar-refractivity contribution is -0.385. The van der Waals surface area contributed by atoms with Crippen LogP contribution in [0.25, 0.3) is 11.3 Å². The normalized spacial score (nSPS) is 15.1. The first-order chi connectivity index (χ1) is 9.46. The highest BCUT2D eigenvalue weighted by Gasteiger charge is 2.44. The molecule has 0 aliphatic carbocycles. The number of rotatable bonds is 2. The van der Waals surface area contributed by atoms with Gasteiger partial charge in [0.1, 0.15) is 6.20 Å². The average molecular weight is 280 g/mol. The first-order valence-electron chi connectivity index (χ1n) is 5.46. The Kier molecular flexibility index (Phi) is 2.53. The van der Waals surface area contributed by atoms with Crippen molar-refractivity contribution in [3.8, 4) is 22.8 Å². The lowest BCUT2D eigenvalue weighted by Crippen LogP contribution is -2.26. The van der Waals surface area contributed by atoms with Gasteiger partial charge in [-0.05, 0) is 18.2 Å². The number of alkyl halides is 2. The molecule has 0 saturated heterocycles. The zero-order valence-corrected chi connectivity index (χ0v) is 9.75. The van der Waals surface area contributed by atoms with Gasteiger partial charge in [0.2, 0.25) is 0 Å². The van der Waals surface area contributed by atoms with Gasteiger partial charge in [-0.1, -0.05) is 6.07 Å². The van der Waals surface area contributed by atoms with Crippen LogP contribution in [-0.4, -0.2) is 16.2 Å². The van der Waals surface area contributed by atoms with Crippen LogP contribution >= 0.6 is 0 Å². The van der Waals surface area contributed by atoms with Crippen LogP contribution in [0.15, 0.2) is 36.5 Å². The van der Waals surface area contributed by atoms with Gasteiger partial charge < -0.3 is 9.47 Å². The van der Waals surface area contributed by atoms with Crippen LogP contribution in [-0.2, 0) is 0 Å². The van der Waals surface area contributed by atoms with Crippen molar-refractivity contribution in [1.82, 2.24) is 4.98 Å². The van der Waals surface area contributed by atoms with Crippen molar-refractivity contribution in [2.45, 2.75) is 6.29 Å². The molecule has 1 aromatic carbocycles. The summed E-state index contributed by atoms with van der Waals surface area (Å²) in [5.74, 6) is -0.244. The van der Waals surface area contributed by atoms with E-state index in [4.69, 9.17) is 0 Å². The van der Waals surface area contributed by atoms with Crippen molar-refractivity contribution in [2.24, 2.45) is 0 Å². The SMILES string of the molecule is O=[N+]([O-])c1ccc(-c2cccc3c2OC(F)(F)O3)nc1. The van der Waals surface area contributed by atoms with Crippen LogP contribution in [0.4, 0.5) is 14.5 Å². The van der Waals surface area contributed by atoms with Gasteiger partial charge in [0.05, 0.1) is 10.6 Å². The molecule has 6 nitrogen and oxygen atoms in total. The van der Waals surface area contributed by atoms with E-state index >= 15 is 0 Å². The number of halogens is 2. The molecule has 1 aromatic heterocycles. The number of nitro groups is 1. The van der Waals surface area contributed by atoms with Crippen molar-refractivity contribution in [3.05, 3.63) is 46.6 Å².